The molecule has 2 aliphatic rings. The maximum Gasteiger partial charge on any atom is 0.261 e. The van der Waals surface area contributed by atoms with Gasteiger partial charge in [-0.3, -0.25) is 29.0 Å². The van der Waals surface area contributed by atoms with Crippen LogP contribution in [0.2, 0.25) is 0 Å². The van der Waals surface area contributed by atoms with Gasteiger partial charge in [0, 0.05) is 56.2 Å². The first-order chi connectivity index (χ1) is 42.1. The largest absolute Gasteiger partial charge is 0.494 e. The molecular formula is C72H74N2O12. The molecule has 0 saturated carbocycles. The van der Waals surface area contributed by atoms with E-state index in [0.29, 0.717) is 128 Å². The van der Waals surface area contributed by atoms with Crippen molar-refractivity contribution < 1.29 is 57.1 Å². The molecule has 0 spiro atoms. The first kappa shape index (κ1) is 58.7. The lowest BCUT2D eigenvalue weighted by Gasteiger charge is -2.32. The second-order valence-electron chi connectivity index (χ2n) is 22.0. The van der Waals surface area contributed by atoms with Gasteiger partial charge in [-0.25, -0.2) is 0 Å². The molecule has 14 heteroatoms. The summed E-state index contributed by atoms with van der Waals surface area (Å²) in [6, 6.07) is 36.0. The van der Waals surface area contributed by atoms with Crippen molar-refractivity contribution in [2.24, 2.45) is 0 Å². The lowest BCUT2D eigenvalue weighted by molar-refractivity contribution is 0.0593. The number of hydrogen-bond acceptors (Lipinski definition) is 12. The molecule has 0 radical (unpaired) electrons. The van der Waals surface area contributed by atoms with Crippen LogP contribution in [0.3, 0.4) is 0 Å². The summed E-state index contributed by atoms with van der Waals surface area (Å²) in [4.78, 5) is 64.0. The maximum atomic E-state index is 15.4. The number of imide groups is 2. The summed E-state index contributed by atoms with van der Waals surface area (Å²) in [6.45, 7) is 15.0. The number of rotatable bonds is 30. The van der Waals surface area contributed by atoms with Gasteiger partial charge >= 0.3 is 0 Å². The summed E-state index contributed by atoms with van der Waals surface area (Å²) in [7, 11) is 0. The van der Waals surface area contributed by atoms with Crippen LogP contribution in [0.1, 0.15) is 160 Å². The van der Waals surface area contributed by atoms with Crippen LogP contribution < -0.4 is 37.9 Å². The van der Waals surface area contributed by atoms with Crippen molar-refractivity contribution in [2.45, 2.75) is 119 Å². The van der Waals surface area contributed by atoms with Crippen molar-refractivity contribution >= 4 is 66.7 Å². The highest BCUT2D eigenvalue weighted by Gasteiger charge is 2.41. The van der Waals surface area contributed by atoms with Gasteiger partial charge in [0.2, 0.25) is 0 Å². The first-order valence-electron chi connectivity index (χ1n) is 30.8. The molecule has 0 aromatic heterocycles. The minimum absolute atomic E-state index is 0.176. The number of ether oxygens (including phenoxy) is 8. The smallest absolute Gasteiger partial charge is 0.261 e. The molecule has 14 nitrogen and oxygen atoms in total. The molecule has 0 N–H and O–H groups in total. The van der Waals surface area contributed by atoms with Gasteiger partial charge in [-0.1, -0.05) is 80.1 Å². The monoisotopic (exact) mass is 1160 g/mol. The third-order valence-electron chi connectivity index (χ3n) is 15.8. The van der Waals surface area contributed by atoms with Gasteiger partial charge < -0.3 is 37.9 Å². The van der Waals surface area contributed by atoms with Gasteiger partial charge in [0.1, 0.15) is 69.0 Å². The highest BCUT2D eigenvalue weighted by Crippen LogP contribution is 2.58. The minimum atomic E-state index is -0.486. The Bertz CT molecular complexity index is 3440. The Morgan fingerprint density at radius 3 is 0.686 bits per heavy atom. The molecule has 4 amide bonds. The zero-order chi connectivity index (χ0) is 59.8. The average Bonchev–Trinajstić information content (AvgIpc) is 0.679. The van der Waals surface area contributed by atoms with E-state index in [1.165, 1.54) is 9.80 Å². The number of carbonyl (C=O) groups is 4. The molecular weight excluding hydrogens is 1080 g/mol. The van der Waals surface area contributed by atoms with Crippen molar-refractivity contribution in [3.63, 3.8) is 0 Å². The van der Waals surface area contributed by atoms with Crippen LogP contribution in [0.15, 0.2) is 121 Å². The van der Waals surface area contributed by atoms with Crippen molar-refractivity contribution in [1.82, 2.24) is 9.80 Å². The van der Waals surface area contributed by atoms with E-state index in [9.17, 15) is 0 Å². The molecule has 0 atom stereocenters. The van der Waals surface area contributed by atoms with E-state index >= 15 is 19.2 Å². The van der Waals surface area contributed by atoms with E-state index in [1.807, 2.05) is 111 Å². The Labute approximate surface area is 502 Å². The van der Waals surface area contributed by atoms with Crippen LogP contribution in [-0.4, -0.2) is 72.9 Å². The van der Waals surface area contributed by atoms with Gasteiger partial charge in [0.25, 0.3) is 23.6 Å². The molecule has 0 bridgehead atoms. The Morgan fingerprint density at radius 1 is 0.267 bits per heavy atom. The molecule has 0 saturated heterocycles. The van der Waals surface area contributed by atoms with E-state index in [0.717, 1.165) is 64.2 Å². The molecule has 0 unspecified atom stereocenters. The predicted molar refractivity (Wildman–Crippen MR) is 336 cm³/mol. The number of unbranched alkanes of at least 4 members (excludes halogenated alkanes) is 6. The normalized spacial score (nSPS) is 13.0. The van der Waals surface area contributed by atoms with E-state index < -0.39 is 23.6 Å². The fourth-order valence-corrected chi connectivity index (χ4v) is 11.2. The fraction of sp³-hybridized carbons (Fsp3) is 0.333. The molecule has 9 aromatic rings. The van der Waals surface area contributed by atoms with Gasteiger partial charge in [-0.05, 0) is 160 Å². The summed E-state index contributed by atoms with van der Waals surface area (Å²) in [5, 5.41) is 3.31. The van der Waals surface area contributed by atoms with Crippen LogP contribution in [-0.2, 0) is 0 Å². The first-order valence-corrected chi connectivity index (χ1v) is 30.8. The lowest BCUT2D eigenvalue weighted by Crippen LogP contribution is -2.41. The van der Waals surface area contributed by atoms with Crippen LogP contribution in [0.25, 0.3) is 43.1 Å². The third kappa shape index (κ3) is 11.7. The van der Waals surface area contributed by atoms with Crippen LogP contribution >= 0.6 is 0 Å². The average molecular weight is 1160 g/mol. The molecule has 2 heterocycles. The van der Waals surface area contributed by atoms with E-state index in [-0.39, 0.29) is 58.3 Å². The number of nitrogens with zero attached hydrogens (tertiary/aromatic N) is 2. The predicted octanol–water partition coefficient (Wildman–Crippen LogP) is 18.4. The number of fused-ring (bicyclic) bond motifs is 2. The Hall–Kier alpha value is -9.04. The van der Waals surface area contributed by atoms with Gasteiger partial charge in [-0.2, -0.15) is 0 Å². The van der Waals surface area contributed by atoms with Crippen molar-refractivity contribution in [3.05, 3.63) is 144 Å². The van der Waals surface area contributed by atoms with Crippen LogP contribution in [0.5, 0.6) is 69.0 Å². The second kappa shape index (κ2) is 26.5. The Balaban J connectivity index is 1.28. The SMILES string of the molecule is CCCCOc1ccc(Oc2cc3c4c(cc(Oc5ccc(OCCCC)cc5)c5c6c(Oc7ccc(OCCCC)cc7)cc7c8c(cc(Oc9ccc(OCCCC)cc9)c(c2c45)c86)C(=O)N(CCCC)C7=O)C(=O)N(CCCC)C3=O)cc1. The molecule has 0 fully saturated rings. The number of benzene rings is 9. The van der Waals surface area contributed by atoms with Crippen molar-refractivity contribution in [1.29, 1.82) is 0 Å². The molecule has 86 heavy (non-hydrogen) atoms. The highest BCUT2D eigenvalue weighted by atomic mass is 16.5. The maximum absolute atomic E-state index is 15.4. The molecule has 2 aliphatic heterocycles. The van der Waals surface area contributed by atoms with Crippen molar-refractivity contribution in [3.8, 4) is 69.0 Å². The Morgan fingerprint density at radius 2 is 0.477 bits per heavy atom. The van der Waals surface area contributed by atoms with E-state index in [4.69, 9.17) is 37.9 Å². The van der Waals surface area contributed by atoms with Crippen LogP contribution in [0.4, 0.5) is 0 Å². The number of amides is 4. The number of carbonyl (C=O) groups excluding carboxylic acids is 4. The summed E-state index contributed by atoms with van der Waals surface area (Å²) in [6.07, 6.45) is 10.1. The third-order valence-corrected chi connectivity index (χ3v) is 15.8. The molecule has 444 valence electrons. The van der Waals surface area contributed by atoms with E-state index in [1.54, 1.807) is 24.3 Å². The summed E-state index contributed by atoms with van der Waals surface area (Å²) >= 11 is 0. The lowest BCUT2D eigenvalue weighted by atomic mass is 9.80. The minimum Gasteiger partial charge on any atom is -0.494 e. The highest BCUT2D eigenvalue weighted by molar-refractivity contribution is 6.44. The summed E-state index contributed by atoms with van der Waals surface area (Å²) < 4.78 is 52.9. The summed E-state index contributed by atoms with van der Waals surface area (Å²) in [5.41, 5.74) is 0.939. The van der Waals surface area contributed by atoms with Crippen LogP contribution in [0, 0.1) is 0 Å². The molecule has 9 aromatic carbocycles. The molecule has 0 aliphatic carbocycles. The Kier molecular flexibility index (Phi) is 18.1. The molecule has 11 rings (SSSR count). The van der Waals surface area contributed by atoms with E-state index in [2.05, 4.69) is 27.7 Å². The van der Waals surface area contributed by atoms with Gasteiger partial charge in [0.05, 0.1) is 48.7 Å². The van der Waals surface area contributed by atoms with Crippen molar-refractivity contribution in [2.75, 3.05) is 39.5 Å². The number of hydrogen-bond donors (Lipinski definition) is 0. The standard InChI is InChI=1S/C72H74N2O12/c1-7-13-35-73-69(75)53-41-57(83-49-27-19-45(20-28-49)79-37-15-9-3)63-65-59(85-51-31-23-47(24-32-51)81-39-17-11-5)43-55-62-56(72(78)74(71(55)77)36-14-8-2)44-60(86-52-33-25-48(26-34-52)82-40-18-12-6)66(68(62)65)64-58(42-54(70(73)76)61(53)67(63)64)84-50-29-21-46(22-30-50)80-38-16-10-4/h19-34,41-44H,7-18,35-40H2,1-6H3. The van der Waals surface area contributed by atoms with Gasteiger partial charge in [0.15, 0.2) is 0 Å². The quantitative estimate of drug-likeness (QED) is 0.0183. The summed E-state index contributed by atoms with van der Waals surface area (Å²) in [5.74, 6) is 3.33. The fourth-order valence-electron chi connectivity index (χ4n) is 11.2. The topological polar surface area (TPSA) is 149 Å². The zero-order valence-electron chi connectivity index (χ0n) is 50.1. The van der Waals surface area contributed by atoms with Gasteiger partial charge in [-0.15, -0.1) is 0 Å². The zero-order valence-corrected chi connectivity index (χ0v) is 50.1. The second-order valence-corrected chi connectivity index (χ2v) is 22.0.